The van der Waals surface area contributed by atoms with Crippen LogP contribution in [0.1, 0.15) is 23.3 Å². The van der Waals surface area contributed by atoms with Crippen molar-refractivity contribution in [1.29, 1.82) is 0 Å². The molecule has 7 nitrogen and oxygen atoms in total. The van der Waals surface area contributed by atoms with Gasteiger partial charge in [0.15, 0.2) is 5.82 Å². The third-order valence-corrected chi connectivity index (χ3v) is 5.47. The van der Waals surface area contributed by atoms with Crippen molar-refractivity contribution in [3.8, 4) is 0 Å². The van der Waals surface area contributed by atoms with Crippen molar-refractivity contribution in [3.05, 3.63) is 41.5 Å². The number of benzene rings is 1. The minimum Gasteiger partial charge on any atom is -0.378 e. The van der Waals surface area contributed by atoms with E-state index in [1.807, 2.05) is 6.92 Å². The van der Waals surface area contributed by atoms with Crippen molar-refractivity contribution in [2.24, 2.45) is 0 Å². The van der Waals surface area contributed by atoms with E-state index in [2.05, 4.69) is 10.1 Å². The van der Waals surface area contributed by atoms with Gasteiger partial charge in [-0.1, -0.05) is 22.9 Å². The van der Waals surface area contributed by atoms with Gasteiger partial charge >= 0.3 is 0 Å². The summed E-state index contributed by atoms with van der Waals surface area (Å²) in [5.41, 5.74) is 1.01. The van der Waals surface area contributed by atoms with Crippen LogP contribution in [-0.4, -0.2) is 42.6 Å². The number of aryl methyl sites for hydroxylation is 2. The number of sulfonamides is 1. The Kier molecular flexibility index (Phi) is 3.98. The maximum Gasteiger partial charge on any atom is 0.243 e. The topological polar surface area (TPSA) is 85.5 Å². The molecule has 1 aliphatic rings. The number of ether oxygens (including phenoxy) is 1. The predicted octanol–water partition coefficient (Wildman–Crippen LogP) is 1.45. The molecule has 2 aromatic rings. The average molecular weight is 323 g/mol. The zero-order valence-electron chi connectivity index (χ0n) is 12.4. The molecule has 0 saturated carbocycles. The lowest BCUT2D eigenvalue weighted by atomic mass is 10.2. The number of nitrogens with zero attached hydrogens (tertiary/aromatic N) is 3. The Hall–Kier alpha value is -1.77. The smallest absolute Gasteiger partial charge is 0.243 e. The molecule has 1 aromatic carbocycles. The van der Waals surface area contributed by atoms with Crippen LogP contribution in [0.5, 0.6) is 0 Å². The quantitative estimate of drug-likeness (QED) is 0.850. The van der Waals surface area contributed by atoms with Gasteiger partial charge in [-0.3, -0.25) is 0 Å². The van der Waals surface area contributed by atoms with E-state index < -0.39 is 16.1 Å². The third kappa shape index (κ3) is 2.77. The first kappa shape index (κ1) is 15.1. The summed E-state index contributed by atoms with van der Waals surface area (Å²) >= 11 is 0. The second-order valence-corrected chi connectivity index (χ2v) is 7.08. The summed E-state index contributed by atoms with van der Waals surface area (Å²) in [7, 11) is -3.64. The van der Waals surface area contributed by atoms with Gasteiger partial charge in [0.1, 0.15) is 6.04 Å². The molecule has 1 fully saturated rings. The van der Waals surface area contributed by atoms with Gasteiger partial charge in [0.2, 0.25) is 15.9 Å². The monoisotopic (exact) mass is 323 g/mol. The highest BCUT2D eigenvalue weighted by molar-refractivity contribution is 7.89. The van der Waals surface area contributed by atoms with E-state index in [4.69, 9.17) is 9.26 Å². The molecule has 0 amide bonds. The molecule has 1 aliphatic heterocycles. The van der Waals surface area contributed by atoms with Gasteiger partial charge in [0, 0.05) is 13.5 Å². The van der Waals surface area contributed by atoms with Gasteiger partial charge in [-0.15, -0.1) is 0 Å². The molecule has 118 valence electrons. The Labute approximate surface area is 128 Å². The largest absolute Gasteiger partial charge is 0.378 e. The SMILES string of the molecule is Cc1ccc(S(=O)(=O)N2CCOC[C@H]2c2noc(C)n2)cc1. The van der Waals surface area contributed by atoms with Crippen LogP contribution < -0.4 is 0 Å². The van der Waals surface area contributed by atoms with Crippen LogP contribution in [0, 0.1) is 13.8 Å². The highest BCUT2D eigenvalue weighted by atomic mass is 32.2. The molecule has 0 N–H and O–H groups in total. The molecule has 1 atom stereocenters. The van der Waals surface area contributed by atoms with E-state index >= 15 is 0 Å². The summed E-state index contributed by atoms with van der Waals surface area (Å²) < 4.78 is 37.5. The second-order valence-electron chi connectivity index (χ2n) is 5.19. The normalized spacial score (nSPS) is 20.2. The number of aromatic nitrogens is 2. The first-order valence-electron chi connectivity index (χ1n) is 6.95. The van der Waals surface area contributed by atoms with Crippen molar-refractivity contribution in [2.75, 3.05) is 19.8 Å². The zero-order chi connectivity index (χ0) is 15.7. The third-order valence-electron chi connectivity index (χ3n) is 3.55. The Balaban J connectivity index is 1.97. The molecule has 2 heterocycles. The van der Waals surface area contributed by atoms with Crippen LogP contribution in [0.4, 0.5) is 0 Å². The molecular weight excluding hydrogens is 306 g/mol. The predicted molar refractivity (Wildman–Crippen MR) is 77.7 cm³/mol. The lowest BCUT2D eigenvalue weighted by Crippen LogP contribution is -2.43. The Morgan fingerprint density at radius 2 is 1.95 bits per heavy atom. The summed E-state index contributed by atoms with van der Waals surface area (Å²) in [4.78, 5) is 4.40. The van der Waals surface area contributed by atoms with Crippen molar-refractivity contribution in [1.82, 2.24) is 14.4 Å². The van der Waals surface area contributed by atoms with Crippen LogP contribution in [0.15, 0.2) is 33.7 Å². The van der Waals surface area contributed by atoms with E-state index in [0.717, 1.165) is 5.56 Å². The van der Waals surface area contributed by atoms with E-state index in [1.54, 1.807) is 31.2 Å². The molecule has 1 saturated heterocycles. The van der Waals surface area contributed by atoms with Gasteiger partial charge in [-0.25, -0.2) is 8.42 Å². The van der Waals surface area contributed by atoms with Crippen molar-refractivity contribution >= 4 is 10.0 Å². The van der Waals surface area contributed by atoms with Gasteiger partial charge in [0.05, 0.1) is 18.1 Å². The van der Waals surface area contributed by atoms with Crippen LogP contribution in [-0.2, 0) is 14.8 Å². The van der Waals surface area contributed by atoms with E-state index in [-0.39, 0.29) is 18.0 Å². The molecule has 22 heavy (non-hydrogen) atoms. The molecule has 0 spiro atoms. The van der Waals surface area contributed by atoms with Gasteiger partial charge < -0.3 is 9.26 Å². The summed E-state index contributed by atoms with van der Waals surface area (Å²) in [5.74, 6) is 0.723. The molecule has 0 aliphatic carbocycles. The summed E-state index contributed by atoms with van der Waals surface area (Å²) in [6.45, 7) is 4.39. The second kappa shape index (κ2) is 5.79. The fraction of sp³-hybridized carbons (Fsp3) is 0.429. The lowest BCUT2D eigenvalue weighted by molar-refractivity contribution is 0.0282. The van der Waals surface area contributed by atoms with E-state index in [1.165, 1.54) is 4.31 Å². The molecule has 3 rings (SSSR count). The van der Waals surface area contributed by atoms with E-state index in [0.29, 0.717) is 18.3 Å². The molecule has 0 bridgehead atoms. The van der Waals surface area contributed by atoms with Crippen molar-refractivity contribution in [3.63, 3.8) is 0 Å². The van der Waals surface area contributed by atoms with Crippen LogP contribution >= 0.6 is 0 Å². The Morgan fingerprint density at radius 3 is 2.59 bits per heavy atom. The minimum atomic E-state index is -3.64. The summed E-state index contributed by atoms with van der Waals surface area (Å²) in [6, 6.07) is 6.21. The highest BCUT2D eigenvalue weighted by Crippen LogP contribution is 2.28. The summed E-state index contributed by atoms with van der Waals surface area (Å²) in [6.07, 6.45) is 0. The zero-order valence-corrected chi connectivity index (χ0v) is 13.2. The molecule has 1 aromatic heterocycles. The molecular formula is C14H17N3O4S. The number of hydrogen-bond donors (Lipinski definition) is 0. The van der Waals surface area contributed by atoms with Gasteiger partial charge in [-0.2, -0.15) is 9.29 Å². The van der Waals surface area contributed by atoms with Gasteiger partial charge in [-0.05, 0) is 19.1 Å². The maximum absolute atomic E-state index is 12.9. The number of rotatable bonds is 3. The maximum atomic E-state index is 12.9. The van der Waals surface area contributed by atoms with Crippen LogP contribution in [0.3, 0.4) is 0 Å². The fourth-order valence-electron chi connectivity index (χ4n) is 2.38. The molecule has 0 radical (unpaired) electrons. The standard InChI is InChI=1S/C14H17N3O4S/c1-10-3-5-12(6-4-10)22(18,19)17-7-8-20-9-13(17)14-15-11(2)21-16-14/h3-6,13H,7-9H2,1-2H3/t13-/m0/s1. The Morgan fingerprint density at radius 1 is 1.23 bits per heavy atom. The van der Waals surface area contributed by atoms with E-state index in [9.17, 15) is 8.42 Å². The van der Waals surface area contributed by atoms with Crippen LogP contribution in [0.25, 0.3) is 0 Å². The molecule has 0 unspecified atom stereocenters. The number of hydrogen-bond acceptors (Lipinski definition) is 6. The molecule has 8 heteroatoms. The first-order valence-corrected chi connectivity index (χ1v) is 8.39. The van der Waals surface area contributed by atoms with Crippen molar-refractivity contribution < 1.29 is 17.7 Å². The number of morpholine rings is 1. The first-order chi connectivity index (χ1) is 10.5. The lowest BCUT2D eigenvalue weighted by Gasteiger charge is -2.32. The Bertz CT molecular complexity index is 755. The van der Waals surface area contributed by atoms with Crippen molar-refractivity contribution in [2.45, 2.75) is 24.8 Å². The fourth-order valence-corrected chi connectivity index (χ4v) is 3.93. The highest BCUT2D eigenvalue weighted by Gasteiger charge is 2.37. The summed E-state index contributed by atoms with van der Waals surface area (Å²) in [5, 5.41) is 3.84. The average Bonchev–Trinajstić information content (AvgIpc) is 2.94. The van der Waals surface area contributed by atoms with Gasteiger partial charge in [0.25, 0.3) is 0 Å². The minimum absolute atomic E-state index is 0.212. The van der Waals surface area contributed by atoms with Crippen LogP contribution in [0.2, 0.25) is 0 Å².